The van der Waals surface area contributed by atoms with Gasteiger partial charge in [-0.25, -0.2) is 0 Å². The Bertz CT molecular complexity index is 445. The van der Waals surface area contributed by atoms with Crippen molar-refractivity contribution in [3.8, 4) is 6.07 Å². The van der Waals surface area contributed by atoms with E-state index >= 15 is 0 Å². The molecular formula is C13H17NO4Si. The summed E-state index contributed by atoms with van der Waals surface area (Å²) in [6.07, 6.45) is 0.356. The molecule has 1 atom stereocenters. The Balaban J connectivity index is 3.08. The van der Waals surface area contributed by atoms with Crippen molar-refractivity contribution in [2.75, 3.05) is 21.3 Å². The largest absolute Gasteiger partial charge is 0.512 e. The molecule has 0 heterocycles. The highest BCUT2D eigenvalue weighted by atomic mass is 28.4. The fraction of sp³-hybridized carbons (Fsp3) is 0.385. The van der Waals surface area contributed by atoms with Crippen LogP contribution >= 0.6 is 0 Å². The van der Waals surface area contributed by atoms with Gasteiger partial charge in [0.05, 0.1) is 0 Å². The Morgan fingerprint density at radius 1 is 1.21 bits per heavy atom. The second kappa shape index (κ2) is 7.16. The first-order chi connectivity index (χ1) is 9.13. The van der Waals surface area contributed by atoms with Crippen LogP contribution in [-0.2, 0) is 24.5 Å². The van der Waals surface area contributed by atoms with E-state index in [0.29, 0.717) is 6.42 Å². The number of rotatable bonds is 7. The molecule has 0 saturated carbocycles. The van der Waals surface area contributed by atoms with Crippen molar-refractivity contribution in [3.63, 3.8) is 0 Å². The second-order valence-electron chi connectivity index (χ2n) is 3.93. The number of Topliss-reactive ketones (excluding diaryl/α,β-unsaturated/α-hetero) is 1. The van der Waals surface area contributed by atoms with Crippen molar-refractivity contribution in [3.05, 3.63) is 35.9 Å². The topological polar surface area (TPSA) is 68.6 Å². The molecule has 1 unspecified atom stereocenters. The molecule has 102 valence electrons. The van der Waals surface area contributed by atoms with Gasteiger partial charge in [-0.05, 0) is 12.0 Å². The molecule has 0 amide bonds. The first kappa shape index (κ1) is 15.5. The molecule has 1 rings (SSSR count). The Hall–Kier alpha value is -1.52. The number of hydrogen-bond donors (Lipinski definition) is 0. The number of hydrogen-bond acceptors (Lipinski definition) is 5. The van der Waals surface area contributed by atoms with Crippen LogP contribution in [0.1, 0.15) is 5.56 Å². The molecule has 0 bridgehead atoms. The molecule has 0 saturated heterocycles. The minimum Gasteiger partial charge on any atom is -0.376 e. The van der Waals surface area contributed by atoms with E-state index in [0.717, 1.165) is 5.56 Å². The fourth-order valence-corrected chi connectivity index (χ4v) is 4.21. The van der Waals surface area contributed by atoms with Crippen molar-refractivity contribution >= 4 is 14.6 Å². The van der Waals surface area contributed by atoms with E-state index in [-0.39, 0.29) is 0 Å². The van der Waals surface area contributed by atoms with E-state index in [1.165, 1.54) is 21.3 Å². The molecule has 0 radical (unpaired) electrons. The zero-order valence-corrected chi connectivity index (χ0v) is 12.3. The highest BCUT2D eigenvalue weighted by Crippen LogP contribution is 2.29. The van der Waals surface area contributed by atoms with Crippen LogP contribution in [0, 0.1) is 11.3 Å². The van der Waals surface area contributed by atoms with Crippen LogP contribution in [0.5, 0.6) is 0 Å². The van der Waals surface area contributed by atoms with E-state index in [2.05, 4.69) is 0 Å². The number of benzene rings is 1. The Labute approximate surface area is 114 Å². The minimum absolute atomic E-state index is 0.356. The van der Waals surface area contributed by atoms with Gasteiger partial charge in [-0.2, -0.15) is 5.26 Å². The third kappa shape index (κ3) is 3.49. The molecule has 0 N–H and O–H groups in total. The summed E-state index contributed by atoms with van der Waals surface area (Å²) in [7, 11) is 1.11. The third-order valence-electron chi connectivity index (χ3n) is 2.99. The number of carbonyl (C=O) groups is 1. The molecule has 0 aliphatic carbocycles. The second-order valence-corrected chi connectivity index (χ2v) is 7.06. The first-order valence-corrected chi connectivity index (χ1v) is 7.57. The van der Waals surface area contributed by atoms with Crippen LogP contribution in [-0.4, -0.2) is 35.9 Å². The van der Waals surface area contributed by atoms with E-state index in [9.17, 15) is 4.79 Å². The summed E-state index contributed by atoms with van der Waals surface area (Å²) in [6, 6.07) is 11.1. The standard InChI is InChI=1S/C13H17NO4Si/c1-16-19(17-2,18-3)13(12(15)10-14)9-11-7-5-4-6-8-11/h4-8,13H,9H2,1-3H3. The quantitative estimate of drug-likeness (QED) is 0.560. The lowest BCUT2D eigenvalue weighted by atomic mass is 10.1. The zero-order valence-electron chi connectivity index (χ0n) is 11.3. The first-order valence-electron chi connectivity index (χ1n) is 5.76. The van der Waals surface area contributed by atoms with Gasteiger partial charge >= 0.3 is 8.80 Å². The lowest BCUT2D eigenvalue weighted by Crippen LogP contribution is -2.51. The normalized spacial score (nSPS) is 12.7. The van der Waals surface area contributed by atoms with Crippen molar-refractivity contribution < 1.29 is 18.1 Å². The fourth-order valence-electron chi connectivity index (χ4n) is 1.98. The smallest absolute Gasteiger partial charge is 0.376 e. The van der Waals surface area contributed by atoms with Crippen LogP contribution in [0.4, 0.5) is 0 Å². The average Bonchev–Trinajstić information content (AvgIpc) is 2.48. The molecular weight excluding hydrogens is 262 g/mol. The summed E-state index contributed by atoms with van der Waals surface area (Å²) >= 11 is 0. The monoisotopic (exact) mass is 279 g/mol. The maximum absolute atomic E-state index is 11.9. The van der Waals surface area contributed by atoms with Crippen LogP contribution in [0.15, 0.2) is 30.3 Å². The molecule has 5 nitrogen and oxygen atoms in total. The average molecular weight is 279 g/mol. The van der Waals surface area contributed by atoms with Crippen LogP contribution in [0.3, 0.4) is 0 Å². The summed E-state index contributed by atoms with van der Waals surface area (Å²) in [5, 5.41) is 8.89. The predicted molar refractivity (Wildman–Crippen MR) is 71.3 cm³/mol. The highest BCUT2D eigenvalue weighted by molar-refractivity contribution is 6.67. The van der Waals surface area contributed by atoms with Crippen molar-refractivity contribution in [2.24, 2.45) is 0 Å². The molecule has 0 aliphatic heterocycles. The summed E-state index contributed by atoms with van der Waals surface area (Å²) in [5.74, 6) is -0.582. The number of carbonyl (C=O) groups excluding carboxylic acids is 1. The van der Waals surface area contributed by atoms with E-state index < -0.39 is 20.1 Å². The maximum atomic E-state index is 11.9. The molecule has 0 fully saturated rings. The van der Waals surface area contributed by atoms with Crippen LogP contribution in [0.2, 0.25) is 5.54 Å². The summed E-state index contributed by atoms with van der Waals surface area (Å²) in [4.78, 5) is 11.9. The highest BCUT2D eigenvalue weighted by Gasteiger charge is 2.51. The van der Waals surface area contributed by atoms with Gasteiger partial charge in [0.25, 0.3) is 0 Å². The predicted octanol–water partition coefficient (Wildman–Crippen LogP) is 1.57. The van der Waals surface area contributed by atoms with Crippen LogP contribution in [0.25, 0.3) is 0 Å². The zero-order chi connectivity index (χ0) is 14.3. The SMILES string of the molecule is CO[Si](OC)(OC)C(Cc1ccccc1)C(=O)C#N. The van der Waals surface area contributed by atoms with Crippen molar-refractivity contribution in [1.82, 2.24) is 0 Å². The van der Waals surface area contributed by atoms with Crippen LogP contribution < -0.4 is 0 Å². The molecule has 1 aromatic rings. The Morgan fingerprint density at radius 2 is 1.74 bits per heavy atom. The van der Waals surface area contributed by atoms with Gasteiger partial charge in [0.2, 0.25) is 5.78 Å². The van der Waals surface area contributed by atoms with Gasteiger partial charge in [0.1, 0.15) is 11.6 Å². The molecule has 1 aromatic carbocycles. The van der Waals surface area contributed by atoms with Gasteiger partial charge < -0.3 is 13.3 Å². The van der Waals surface area contributed by atoms with Gasteiger partial charge in [-0.15, -0.1) is 0 Å². The molecule has 0 spiro atoms. The lowest BCUT2D eigenvalue weighted by Gasteiger charge is -2.30. The number of nitriles is 1. The van der Waals surface area contributed by atoms with Gasteiger partial charge in [-0.1, -0.05) is 30.3 Å². The summed E-state index contributed by atoms with van der Waals surface area (Å²) < 4.78 is 15.9. The molecule has 0 aliphatic rings. The molecule has 0 aromatic heterocycles. The van der Waals surface area contributed by atoms with E-state index in [1.807, 2.05) is 30.3 Å². The van der Waals surface area contributed by atoms with Gasteiger partial charge in [0.15, 0.2) is 0 Å². The van der Waals surface area contributed by atoms with E-state index in [4.69, 9.17) is 18.5 Å². The van der Waals surface area contributed by atoms with Crippen molar-refractivity contribution in [1.29, 1.82) is 5.26 Å². The third-order valence-corrected chi connectivity index (χ3v) is 6.02. The van der Waals surface area contributed by atoms with Gasteiger partial charge in [-0.3, -0.25) is 4.79 Å². The lowest BCUT2D eigenvalue weighted by molar-refractivity contribution is -0.115. The Morgan fingerprint density at radius 3 is 2.16 bits per heavy atom. The van der Waals surface area contributed by atoms with E-state index in [1.54, 1.807) is 6.07 Å². The van der Waals surface area contributed by atoms with Crippen molar-refractivity contribution in [2.45, 2.75) is 12.0 Å². The Kier molecular flexibility index (Phi) is 5.85. The minimum atomic E-state index is -3.19. The maximum Gasteiger partial charge on any atom is 0.512 e. The summed E-state index contributed by atoms with van der Waals surface area (Å²) in [6.45, 7) is 0. The van der Waals surface area contributed by atoms with Gasteiger partial charge in [0, 0.05) is 21.3 Å². The molecule has 6 heteroatoms. The number of ketones is 1. The summed E-state index contributed by atoms with van der Waals surface area (Å²) in [5.41, 5.74) is 0.207. The molecule has 19 heavy (non-hydrogen) atoms. The number of nitrogens with zero attached hydrogens (tertiary/aromatic N) is 1.